The molecule has 2 amide bonds. The van der Waals surface area contributed by atoms with Crippen LogP contribution in [0.2, 0.25) is 0 Å². The van der Waals surface area contributed by atoms with Crippen LogP contribution in [0.1, 0.15) is 42.1 Å². The molecule has 1 aliphatic heterocycles. The lowest BCUT2D eigenvalue weighted by Gasteiger charge is -2.30. The molecule has 1 unspecified atom stereocenters. The summed E-state index contributed by atoms with van der Waals surface area (Å²) in [5, 5.41) is 2.81. The standard InChI is InChI=1S/C23H29N3O4S/c1-4-21(26(31(3,29)30)18-11-9-10-17(2)16-18)22(27)24-20-13-6-5-12-19(20)23(28)25-14-7-8-15-25/h5-6,9-13,16,21H,4,7-8,14-15H2,1-3H3,(H,24,27). The number of benzene rings is 2. The van der Waals surface area contributed by atoms with Gasteiger partial charge < -0.3 is 10.2 Å². The Morgan fingerprint density at radius 3 is 2.39 bits per heavy atom. The van der Waals surface area contributed by atoms with Gasteiger partial charge in [-0.1, -0.05) is 31.2 Å². The van der Waals surface area contributed by atoms with Crippen LogP contribution in [0.5, 0.6) is 0 Å². The fourth-order valence-electron chi connectivity index (χ4n) is 3.91. The highest BCUT2D eigenvalue weighted by Crippen LogP contribution is 2.25. The molecule has 1 atom stereocenters. The maximum atomic E-state index is 13.2. The van der Waals surface area contributed by atoms with Crippen molar-refractivity contribution in [2.45, 2.75) is 39.2 Å². The summed E-state index contributed by atoms with van der Waals surface area (Å²) in [5.41, 5.74) is 2.13. The second-order valence-corrected chi connectivity index (χ2v) is 9.72. The van der Waals surface area contributed by atoms with E-state index in [-0.39, 0.29) is 12.3 Å². The molecule has 0 spiro atoms. The minimum atomic E-state index is -3.73. The molecule has 1 saturated heterocycles. The van der Waals surface area contributed by atoms with Crippen molar-refractivity contribution in [2.24, 2.45) is 0 Å². The second kappa shape index (κ2) is 9.51. The van der Waals surface area contributed by atoms with Crippen LogP contribution < -0.4 is 9.62 Å². The molecule has 1 heterocycles. The molecule has 8 heteroatoms. The molecule has 1 fully saturated rings. The maximum Gasteiger partial charge on any atom is 0.255 e. The summed E-state index contributed by atoms with van der Waals surface area (Å²) in [7, 11) is -3.73. The number of rotatable bonds is 7. The summed E-state index contributed by atoms with van der Waals surface area (Å²) in [6.07, 6.45) is 3.31. The molecule has 0 aliphatic carbocycles. The number of sulfonamides is 1. The molecule has 166 valence electrons. The van der Waals surface area contributed by atoms with Gasteiger partial charge in [-0.25, -0.2) is 8.42 Å². The summed E-state index contributed by atoms with van der Waals surface area (Å²) in [6.45, 7) is 5.03. The maximum absolute atomic E-state index is 13.2. The summed E-state index contributed by atoms with van der Waals surface area (Å²) < 4.78 is 26.4. The molecule has 0 radical (unpaired) electrons. The van der Waals surface area contributed by atoms with Crippen LogP contribution in [0, 0.1) is 6.92 Å². The molecule has 2 aromatic carbocycles. The second-order valence-electron chi connectivity index (χ2n) is 7.86. The van der Waals surface area contributed by atoms with E-state index in [0.717, 1.165) is 29.0 Å². The van der Waals surface area contributed by atoms with Gasteiger partial charge >= 0.3 is 0 Å². The van der Waals surface area contributed by atoms with Gasteiger partial charge in [-0.3, -0.25) is 13.9 Å². The third-order valence-electron chi connectivity index (χ3n) is 5.39. The monoisotopic (exact) mass is 443 g/mol. The van der Waals surface area contributed by atoms with Crippen molar-refractivity contribution in [1.82, 2.24) is 4.90 Å². The average Bonchev–Trinajstić information content (AvgIpc) is 3.25. The van der Waals surface area contributed by atoms with Gasteiger partial charge in [0, 0.05) is 13.1 Å². The number of carbonyl (C=O) groups excluding carboxylic acids is 2. The first kappa shape index (κ1) is 22.8. The van der Waals surface area contributed by atoms with Crippen molar-refractivity contribution in [1.29, 1.82) is 0 Å². The van der Waals surface area contributed by atoms with Crippen molar-refractivity contribution in [2.75, 3.05) is 29.0 Å². The van der Waals surface area contributed by atoms with E-state index < -0.39 is 22.0 Å². The van der Waals surface area contributed by atoms with E-state index in [9.17, 15) is 18.0 Å². The zero-order valence-corrected chi connectivity index (χ0v) is 19.0. The van der Waals surface area contributed by atoms with Crippen LogP contribution in [0.4, 0.5) is 11.4 Å². The molecule has 7 nitrogen and oxygen atoms in total. The number of para-hydroxylation sites is 1. The lowest BCUT2D eigenvalue weighted by Crippen LogP contribution is -2.47. The molecule has 2 aromatic rings. The Morgan fingerprint density at radius 1 is 1.10 bits per heavy atom. The van der Waals surface area contributed by atoms with E-state index in [2.05, 4.69) is 5.32 Å². The predicted octanol–water partition coefficient (Wildman–Crippen LogP) is 3.41. The largest absolute Gasteiger partial charge is 0.339 e. The van der Waals surface area contributed by atoms with Gasteiger partial charge in [0.05, 0.1) is 23.2 Å². The van der Waals surface area contributed by atoms with Crippen molar-refractivity contribution in [3.8, 4) is 0 Å². The third-order valence-corrected chi connectivity index (χ3v) is 6.57. The summed E-state index contributed by atoms with van der Waals surface area (Å²) >= 11 is 0. The molecule has 0 aromatic heterocycles. The molecule has 31 heavy (non-hydrogen) atoms. The van der Waals surface area contributed by atoms with E-state index >= 15 is 0 Å². The topological polar surface area (TPSA) is 86.8 Å². The molecular formula is C23H29N3O4S. The van der Waals surface area contributed by atoms with Crippen molar-refractivity contribution in [3.05, 3.63) is 59.7 Å². The lowest BCUT2D eigenvalue weighted by atomic mass is 10.1. The summed E-state index contributed by atoms with van der Waals surface area (Å²) in [6, 6.07) is 12.9. The number of anilines is 2. The predicted molar refractivity (Wildman–Crippen MR) is 123 cm³/mol. The first-order chi connectivity index (χ1) is 14.7. The smallest absolute Gasteiger partial charge is 0.255 e. The number of amides is 2. The SMILES string of the molecule is CCC(C(=O)Nc1ccccc1C(=O)N1CCCC1)N(c1cccc(C)c1)S(C)(=O)=O. The summed E-state index contributed by atoms with van der Waals surface area (Å²) in [5.74, 6) is -0.601. The quantitative estimate of drug-likeness (QED) is 0.710. The number of aryl methyl sites for hydroxylation is 1. The van der Waals surface area contributed by atoms with Gasteiger partial charge in [-0.2, -0.15) is 0 Å². The van der Waals surface area contributed by atoms with Gasteiger partial charge in [0.25, 0.3) is 5.91 Å². The van der Waals surface area contributed by atoms with Crippen molar-refractivity contribution >= 4 is 33.2 Å². The molecule has 0 saturated carbocycles. The van der Waals surface area contributed by atoms with Crippen molar-refractivity contribution < 1.29 is 18.0 Å². The van der Waals surface area contributed by atoms with Crippen LogP contribution in [0.25, 0.3) is 0 Å². The highest BCUT2D eigenvalue weighted by atomic mass is 32.2. The summed E-state index contributed by atoms with van der Waals surface area (Å²) in [4.78, 5) is 27.9. The minimum Gasteiger partial charge on any atom is -0.339 e. The number of nitrogens with zero attached hydrogens (tertiary/aromatic N) is 2. The van der Waals surface area contributed by atoms with E-state index in [0.29, 0.717) is 30.0 Å². The Kier molecular flexibility index (Phi) is 7.00. The van der Waals surface area contributed by atoms with Gasteiger partial charge in [0.1, 0.15) is 6.04 Å². The Bertz CT molecular complexity index is 1060. The normalized spacial score (nSPS) is 14.9. The Labute approximate surface area is 184 Å². The highest BCUT2D eigenvalue weighted by molar-refractivity contribution is 7.92. The fourth-order valence-corrected chi connectivity index (χ4v) is 5.11. The number of likely N-dealkylation sites (tertiary alicyclic amines) is 1. The Hall–Kier alpha value is -2.87. The van der Waals surface area contributed by atoms with Crippen LogP contribution >= 0.6 is 0 Å². The zero-order chi connectivity index (χ0) is 22.6. The number of carbonyl (C=O) groups is 2. The van der Waals surface area contributed by atoms with E-state index in [1.54, 1.807) is 54.3 Å². The molecule has 3 rings (SSSR count). The fraction of sp³-hybridized carbons (Fsp3) is 0.391. The Morgan fingerprint density at radius 2 is 1.77 bits per heavy atom. The van der Waals surface area contributed by atoms with E-state index in [1.165, 1.54) is 0 Å². The molecule has 1 aliphatic rings. The van der Waals surface area contributed by atoms with Crippen molar-refractivity contribution in [3.63, 3.8) is 0 Å². The Balaban J connectivity index is 1.91. The molecule has 0 bridgehead atoms. The average molecular weight is 444 g/mol. The molecular weight excluding hydrogens is 414 g/mol. The first-order valence-electron chi connectivity index (χ1n) is 10.5. The van der Waals surface area contributed by atoms with Crippen LogP contribution in [0.3, 0.4) is 0 Å². The lowest BCUT2D eigenvalue weighted by molar-refractivity contribution is -0.117. The van der Waals surface area contributed by atoms with Crippen LogP contribution in [-0.2, 0) is 14.8 Å². The van der Waals surface area contributed by atoms with Gasteiger partial charge in [0.2, 0.25) is 15.9 Å². The number of nitrogens with one attached hydrogen (secondary N) is 1. The molecule has 1 N–H and O–H groups in total. The zero-order valence-electron chi connectivity index (χ0n) is 18.2. The van der Waals surface area contributed by atoms with E-state index in [4.69, 9.17) is 0 Å². The van der Waals surface area contributed by atoms with Gasteiger partial charge in [-0.15, -0.1) is 0 Å². The number of hydrogen-bond donors (Lipinski definition) is 1. The minimum absolute atomic E-state index is 0.125. The van der Waals surface area contributed by atoms with Gasteiger partial charge in [-0.05, 0) is 56.0 Å². The van der Waals surface area contributed by atoms with E-state index in [1.807, 2.05) is 13.0 Å². The van der Waals surface area contributed by atoms with Crippen LogP contribution in [0.15, 0.2) is 48.5 Å². The number of hydrogen-bond acceptors (Lipinski definition) is 4. The van der Waals surface area contributed by atoms with Crippen LogP contribution in [-0.4, -0.2) is 50.5 Å². The van der Waals surface area contributed by atoms with Gasteiger partial charge in [0.15, 0.2) is 0 Å². The first-order valence-corrected chi connectivity index (χ1v) is 12.3. The third kappa shape index (κ3) is 5.25. The highest BCUT2D eigenvalue weighted by Gasteiger charge is 2.32.